The first kappa shape index (κ1) is 13.2. The SMILES string of the molecule is Cc1cc(N2CCCC(C)(C)CC2)c(N)cc1F. The Labute approximate surface area is 109 Å². The summed E-state index contributed by atoms with van der Waals surface area (Å²) in [6, 6.07) is 3.32. The van der Waals surface area contributed by atoms with Crippen LogP contribution in [-0.4, -0.2) is 13.1 Å². The maximum absolute atomic E-state index is 13.4. The summed E-state index contributed by atoms with van der Waals surface area (Å²) in [5, 5.41) is 0. The molecule has 0 saturated carbocycles. The molecule has 0 amide bonds. The third-order valence-electron chi connectivity index (χ3n) is 3.99. The van der Waals surface area contributed by atoms with E-state index >= 15 is 0 Å². The predicted molar refractivity (Wildman–Crippen MR) is 75.4 cm³/mol. The van der Waals surface area contributed by atoms with E-state index in [1.807, 2.05) is 6.07 Å². The van der Waals surface area contributed by atoms with Gasteiger partial charge in [-0.15, -0.1) is 0 Å². The normalized spacial score (nSPS) is 19.7. The minimum Gasteiger partial charge on any atom is -0.397 e. The fraction of sp³-hybridized carbons (Fsp3) is 0.600. The lowest BCUT2D eigenvalue weighted by Crippen LogP contribution is -2.26. The van der Waals surface area contributed by atoms with Gasteiger partial charge in [0.25, 0.3) is 0 Å². The second-order valence-electron chi connectivity index (χ2n) is 6.17. The van der Waals surface area contributed by atoms with Gasteiger partial charge in [0, 0.05) is 13.1 Å². The molecule has 100 valence electrons. The molecule has 2 nitrogen and oxygen atoms in total. The zero-order valence-corrected chi connectivity index (χ0v) is 11.6. The molecule has 1 aliphatic rings. The number of rotatable bonds is 1. The van der Waals surface area contributed by atoms with E-state index in [4.69, 9.17) is 5.73 Å². The van der Waals surface area contributed by atoms with Crippen LogP contribution in [0.2, 0.25) is 0 Å². The lowest BCUT2D eigenvalue weighted by molar-refractivity contribution is 0.325. The highest BCUT2D eigenvalue weighted by molar-refractivity contribution is 5.68. The fourth-order valence-corrected chi connectivity index (χ4v) is 2.62. The van der Waals surface area contributed by atoms with E-state index in [0.29, 0.717) is 16.7 Å². The van der Waals surface area contributed by atoms with Crippen molar-refractivity contribution in [3.05, 3.63) is 23.5 Å². The summed E-state index contributed by atoms with van der Waals surface area (Å²) < 4.78 is 13.4. The van der Waals surface area contributed by atoms with Crippen molar-refractivity contribution in [1.29, 1.82) is 0 Å². The van der Waals surface area contributed by atoms with E-state index in [1.54, 1.807) is 6.92 Å². The molecule has 1 aliphatic heterocycles. The molecule has 1 aromatic carbocycles. The van der Waals surface area contributed by atoms with Crippen molar-refractivity contribution in [2.24, 2.45) is 5.41 Å². The number of nitrogens with two attached hydrogens (primary N) is 1. The monoisotopic (exact) mass is 250 g/mol. The van der Waals surface area contributed by atoms with Gasteiger partial charge in [0.15, 0.2) is 0 Å². The van der Waals surface area contributed by atoms with E-state index in [9.17, 15) is 4.39 Å². The van der Waals surface area contributed by atoms with E-state index in [2.05, 4.69) is 18.7 Å². The van der Waals surface area contributed by atoms with Crippen molar-refractivity contribution in [1.82, 2.24) is 0 Å². The molecule has 1 saturated heterocycles. The number of nitrogens with zero attached hydrogens (tertiary/aromatic N) is 1. The topological polar surface area (TPSA) is 29.3 Å². The van der Waals surface area contributed by atoms with Gasteiger partial charge < -0.3 is 10.6 Å². The molecule has 0 spiro atoms. The molecular formula is C15H23FN2. The van der Waals surface area contributed by atoms with Crippen molar-refractivity contribution < 1.29 is 4.39 Å². The molecular weight excluding hydrogens is 227 g/mol. The van der Waals surface area contributed by atoms with Crippen molar-refractivity contribution >= 4 is 11.4 Å². The molecule has 1 fully saturated rings. The first-order chi connectivity index (χ1) is 8.39. The van der Waals surface area contributed by atoms with Gasteiger partial charge in [-0.1, -0.05) is 13.8 Å². The smallest absolute Gasteiger partial charge is 0.128 e. The maximum Gasteiger partial charge on any atom is 0.128 e. The molecule has 18 heavy (non-hydrogen) atoms. The minimum atomic E-state index is -0.216. The van der Waals surface area contributed by atoms with Crippen LogP contribution in [-0.2, 0) is 0 Å². The molecule has 1 heterocycles. The van der Waals surface area contributed by atoms with Crippen LogP contribution in [0.4, 0.5) is 15.8 Å². The first-order valence-corrected chi connectivity index (χ1v) is 6.70. The predicted octanol–water partition coefficient (Wildman–Crippen LogP) is 3.73. The minimum absolute atomic E-state index is 0.216. The molecule has 2 rings (SSSR count). The summed E-state index contributed by atoms with van der Waals surface area (Å²) in [7, 11) is 0. The van der Waals surface area contributed by atoms with Gasteiger partial charge in [-0.05, 0) is 49.3 Å². The van der Waals surface area contributed by atoms with Crippen molar-refractivity contribution in [3.63, 3.8) is 0 Å². The zero-order chi connectivity index (χ0) is 13.3. The molecule has 0 aliphatic carbocycles. The quantitative estimate of drug-likeness (QED) is 0.769. The Morgan fingerprint density at radius 3 is 2.67 bits per heavy atom. The van der Waals surface area contributed by atoms with Crippen molar-refractivity contribution in [3.8, 4) is 0 Å². The highest BCUT2D eigenvalue weighted by Crippen LogP contribution is 2.34. The van der Waals surface area contributed by atoms with Gasteiger partial charge in [0.1, 0.15) is 5.82 Å². The van der Waals surface area contributed by atoms with Crippen LogP contribution in [0.1, 0.15) is 38.7 Å². The Bertz CT molecular complexity index is 440. The van der Waals surface area contributed by atoms with Gasteiger partial charge in [-0.3, -0.25) is 0 Å². The molecule has 0 bridgehead atoms. The van der Waals surface area contributed by atoms with E-state index in [0.717, 1.165) is 25.2 Å². The third kappa shape index (κ3) is 2.77. The summed E-state index contributed by atoms with van der Waals surface area (Å²) in [5.74, 6) is -0.216. The number of nitrogen functional groups attached to an aromatic ring is 1. The number of benzene rings is 1. The molecule has 0 atom stereocenters. The van der Waals surface area contributed by atoms with Crippen LogP contribution in [0.25, 0.3) is 0 Å². The van der Waals surface area contributed by atoms with Crippen molar-refractivity contribution in [2.45, 2.75) is 40.0 Å². The Balaban J connectivity index is 2.24. The maximum atomic E-state index is 13.4. The average molecular weight is 250 g/mol. The summed E-state index contributed by atoms with van der Waals surface area (Å²) >= 11 is 0. The fourth-order valence-electron chi connectivity index (χ4n) is 2.62. The molecule has 1 aromatic rings. The number of aryl methyl sites for hydroxylation is 1. The van der Waals surface area contributed by atoms with Gasteiger partial charge in [0.05, 0.1) is 11.4 Å². The van der Waals surface area contributed by atoms with Gasteiger partial charge >= 0.3 is 0 Å². The Morgan fingerprint density at radius 2 is 1.94 bits per heavy atom. The molecule has 0 unspecified atom stereocenters. The van der Waals surface area contributed by atoms with Crippen LogP contribution in [0, 0.1) is 18.2 Å². The molecule has 2 N–H and O–H groups in total. The van der Waals surface area contributed by atoms with Gasteiger partial charge in [-0.2, -0.15) is 0 Å². The highest BCUT2D eigenvalue weighted by Gasteiger charge is 2.24. The lowest BCUT2D eigenvalue weighted by Gasteiger charge is -2.26. The number of halogens is 1. The zero-order valence-electron chi connectivity index (χ0n) is 11.6. The lowest BCUT2D eigenvalue weighted by atomic mass is 9.85. The molecule has 0 radical (unpaired) electrons. The van der Waals surface area contributed by atoms with Crippen LogP contribution in [0.15, 0.2) is 12.1 Å². The highest BCUT2D eigenvalue weighted by atomic mass is 19.1. The molecule has 0 aromatic heterocycles. The van der Waals surface area contributed by atoms with E-state index in [-0.39, 0.29) is 5.82 Å². The van der Waals surface area contributed by atoms with Crippen molar-refractivity contribution in [2.75, 3.05) is 23.7 Å². The van der Waals surface area contributed by atoms with Crippen LogP contribution >= 0.6 is 0 Å². The molecule has 3 heteroatoms. The summed E-state index contributed by atoms with van der Waals surface area (Å²) in [5.41, 5.74) is 8.57. The second kappa shape index (κ2) is 4.79. The number of hydrogen-bond donors (Lipinski definition) is 1. The largest absolute Gasteiger partial charge is 0.397 e. The Kier molecular flexibility index (Phi) is 3.51. The van der Waals surface area contributed by atoms with Gasteiger partial charge in [0.2, 0.25) is 0 Å². The summed E-state index contributed by atoms with van der Waals surface area (Å²) in [4.78, 5) is 2.30. The average Bonchev–Trinajstić information content (AvgIpc) is 2.45. The summed E-state index contributed by atoms with van der Waals surface area (Å²) in [6.07, 6.45) is 3.56. The van der Waals surface area contributed by atoms with Crippen LogP contribution < -0.4 is 10.6 Å². The number of hydrogen-bond acceptors (Lipinski definition) is 2. The third-order valence-corrected chi connectivity index (χ3v) is 3.99. The van der Waals surface area contributed by atoms with Crippen LogP contribution in [0.3, 0.4) is 0 Å². The Morgan fingerprint density at radius 1 is 1.22 bits per heavy atom. The van der Waals surface area contributed by atoms with Crippen LogP contribution in [0.5, 0.6) is 0 Å². The van der Waals surface area contributed by atoms with Gasteiger partial charge in [-0.25, -0.2) is 4.39 Å². The first-order valence-electron chi connectivity index (χ1n) is 6.70. The Hall–Kier alpha value is -1.25. The summed E-state index contributed by atoms with van der Waals surface area (Å²) in [6.45, 7) is 8.44. The standard InChI is InChI=1S/C15H23FN2/c1-11-9-14(13(17)10-12(11)16)18-7-4-5-15(2,3)6-8-18/h9-10H,4-8,17H2,1-3H3. The second-order valence-corrected chi connectivity index (χ2v) is 6.17. The van der Waals surface area contributed by atoms with E-state index in [1.165, 1.54) is 18.9 Å². The van der Waals surface area contributed by atoms with E-state index < -0.39 is 0 Å². The number of anilines is 2.